The van der Waals surface area contributed by atoms with E-state index in [0.717, 1.165) is 32.7 Å². The number of aliphatic imine (C=N–C) groups is 1. The molecule has 0 spiro atoms. The molecule has 3 atom stereocenters. The first-order valence-corrected chi connectivity index (χ1v) is 7.49. The van der Waals surface area contributed by atoms with Crippen LogP contribution in [0.25, 0.3) is 0 Å². The number of fused-ring (bicyclic) bond motifs is 2. The summed E-state index contributed by atoms with van der Waals surface area (Å²) in [5.41, 5.74) is 1.62. The molecule has 19 heavy (non-hydrogen) atoms. The summed E-state index contributed by atoms with van der Waals surface area (Å²) in [6.07, 6.45) is 7.90. The lowest BCUT2D eigenvalue weighted by Crippen LogP contribution is -2.57. The van der Waals surface area contributed by atoms with Crippen LogP contribution in [0.3, 0.4) is 0 Å². The first-order chi connectivity index (χ1) is 9.18. The minimum absolute atomic E-state index is 0.126. The second kappa shape index (κ2) is 5.25. The Bertz CT molecular complexity index is 393. The Morgan fingerprint density at radius 1 is 1.58 bits per heavy atom. The van der Waals surface area contributed by atoms with E-state index in [9.17, 15) is 0 Å². The third-order valence-corrected chi connectivity index (χ3v) is 4.35. The zero-order chi connectivity index (χ0) is 13.3. The van der Waals surface area contributed by atoms with Gasteiger partial charge in [-0.3, -0.25) is 9.89 Å². The van der Waals surface area contributed by atoms with Crippen molar-refractivity contribution in [1.82, 2.24) is 10.2 Å². The molecule has 2 unspecified atom stereocenters. The van der Waals surface area contributed by atoms with Crippen LogP contribution in [0.1, 0.15) is 33.1 Å². The van der Waals surface area contributed by atoms with Gasteiger partial charge < -0.3 is 10.1 Å². The summed E-state index contributed by atoms with van der Waals surface area (Å²) in [6.45, 7) is 8.54. The van der Waals surface area contributed by atoms with Crippen molar-refractivity contribution in [3.8, 4) is 0 Å². The van der Waals surface area contributed by atoms with Gasteiger partial charge in [-0.25, -0.2) is 0 Å². The van der Waals surface area contributed by atoms with Crippen LogP contribution in [-0.2, 0) is 4.74 Å². The standard InChI is InChI=1S/C15H25N3O/c1-3-4-12-6-16-14(17-7-12)18-8-13-5-15(2,10-18)11-19-9-13/h6-7,13-14,16H,3-5,8-11H2,1-2H3/t13?,14?,15-/m1/s1. The monoisotopic (exact) mass is 263 g/mol. The predicted molar refractivity (Wildman–Crippen MR) is 77.0 cm³/mol. The predicted octanol–water partition coefficient (Wildman–Crippen LogP) is 1.99. The van der Waals surface area contributed by atoms with E-state index in [4.69, 9.17) is 9.73 Å². The molecule has 0 aromatic carbocycles. The summed E-state index contributed by atoms with van der Waals surface area (Å²) in [4.78, 5) is 7.17. The normalized spacial score (nSPS) is 38.7. The van der Waals surface area contributed by atoms with Crippen molar-refractivity contribution in [2.24, 2.45) is 16.3 Å². The molecule has 0 saturated carbocycles. The van der Waals surface area contributed by atoms with Crippen molar-refractivity contribution in [1.29, 1.82) is 0 Å². The Morgan fingerprint density at radius 3 is 3.16 bits per heavy atom. The summed E-state index contributed by atoms with van der Waals surface area (Å²) in [5, 5.41) is 3.46. The third kappa shape index (κ3) is 2.84. The van der Waals surface area contributed by atoms with E-state index in [1.54, 1.807) is 0 Å². The maximum Gasteiger partial charge on any atom is 0.175 e. The van der Waals surface area contributed by atoms with Gasteiger partial charge in [-0.2, -0.15) is 0 Å². The van der Waals surface area contributed by atoms with Gasteiger partial charge in [-0.15, -0.1) is 0 Å². The van der Waals surface area contributed by atoms with E-state index in [2.05, 4.69) is 30.3 Å². The molecule has 3 aliphatic rings. The lowest BCUT2D eigenvalue weighted by Gasteiger charge is -2.49. The van der Waals surface area contributed by atoms with Crippen LogP contribution in [0, 0.1) is 11.3 Å². The molecule has 4 heteroatoms. The summed E-state index contributed by atoms with van der Waals surface area (Å²) in [6, 6.07) is 0. The fourth-order valence-corrected chi connectivity index (χ4v) is 3.64. The molecule has 0 amide bonds. The molecule has 4 nitrogen and oxygen atoms in total. The van der Waals surface area contributed by atoms with Crippen LogP contribution in [0.5, 0.6) is 0 Å². The Kier molecular flexibility index (Phi) is 3.63. The largest absolute Gasteiger partial charge is 0.380 e. The number of rotatable bonds is 3. The van der Waals surface area contributed by atoms with E-state index < -0.39 is 0 Å². The van der Waals surface area contributed by atoms with Crippen LogP contribution in [0.4, 0.5) is 0 Å². The van der Waals surface area contributed by atoms with E-state index >= 15 is 0 Å². The highest BCUT2D eigenvalue weighted by molar-refractivity contribution is 5.79. The van der Waals surface area contributed by atoms with Crippen molar-refractivity contribution in [2.45, 2.75) is 39.4 Å². The van der Waals surface area contributed by atoms with Crippen LogP contribution in [0.2, 0.25) is 0 Å². The molecule has 3 aliphatic heterocycles. The van der Waals surface area contributed by atoms with Gasteiger partial charge in [0.2, 0.25) is 0 Å². The molecule has 2 saturated heterocycles. The Labute approximate surface area is 115 Å². The van der Waals surface area contributed by atoms with Crippen LogP contribution < -0.4 is 5.32 Å². The molecule has 0 aromatic rings. The number of piperidine rings is 1. The maximum atomic E-state index is 5.73. The Morgan fingerprint density at radius 2 is 2.47 bits per heavy atom. The van der Waals surface area contributed by atoms with Crippen LogP contribution in [-0.4, -0.2) is 43.7 Å². The SMILES string of the molecule is CCCC1=CNC(N2CC3COC[C@](C)(C3)C2)N=C1. The van der Waals surface area contributed by atoms with Crippen molar-refractivity contribution >= 4 is 6.21 Å². The van der Waals surface area contributed by atoms with E-state index in [0.29, 0.717) is 11.3 Å². The lowest BCUT2D eigenvalue weighted by molar-refractivity contribution is -0.0993. The summed E-state index contributed by atoms with van der Waals surface area (Å²) >= 11 is 0. The summed E-state index contributed by atoms with van der Waals surface area (Å²) in [5.74, 6) is 0.672. The number of nitrogens with one attached hydrogen (secondary N) is 1. The van der Waals surface area contributed by atoms with Gasteiger partial charge in [0.1, 0.15) is 0 Å². The number of nitrogens with zero attached hydrogens (tertiary/aromatic N) is 2. The quantitative estimate of drug-likeness (QED) is 0.846. The van der Waals surface area contributed by atoms with Crippen LogP contribution >= 0.6 is 0 Å². The Balaban J connectivity index is 1.63. The number of ether oxygens (including phenoxy) is 1. The topological polar surface area (TPSA) is 36.9 Å². The molecular weight excluding hydrogens is 238 g/mol. The average Bonchev–Trinajstić information content (AvgIpc) is 2.38. The van der Waals surface area contributed by atoms with Gasteiger partial charge in [-0.05, 0) is 24.3 Å². The molecule has 0 aliphatic carbocycles. The smallest absolute Gasteiger partial charge is 0.175 e. The minimum atomic E-state index is 0.126. The van der Waals surface area contributed by atoms with Crippen molar-refractivity contribution in [3.63, 3.8) is 0 Å². The highest BCUT2D eigenvalue weighted by atomic mass is 16.5. The molecule has 106 valence electrons. The average molecular weight is 263 g/mol. The van der Waals surface area contributed by atoms with E-state index in [1.165, 1.54) is 18.4 Å². The van der Waals surface area contributed by atoms with Gasteiger partial charge in [0, 0.05) is 30.9 Å². The zero-order valence-electron chi connectivity index (χ0n) is 12.1. The number of allylic oxidation sites excluding steroid dienone is 1. The van der Waals surface area contributed by atoms with Crippen molar-refractivity contribution in [3.05, 3.63) is 11.8 Å². The van der Waals surface area contributed by atoms with Crippen molar-refractivity contribution < 1.29 is 4.74 Å². The van der Waals surface area contributed by atoms with Gasteiger partial charge in [0.05, 0.1) is 13.2 Å². The highest BCUT2D eigenvalue weighted by Gasteiger charge is 2.41. The molecular formula is C15H25N3O. The highest BCUT2D eigenvalue weighted by Crippen LogP contribution is 2.37. The number of likely N-dealkylation sites (tertiary alicyclic amines) is 1. The van der Waals surface area contributed by atoms with E-state index in [-0.39, 0.29) is 6.29 Å². The van der Waals surface area contributed by atoms with Crippen LogP contribution in [0.15, 0.2) is 16.8 Å². The number of hydrogen-bond acceptors (Lipinski definition) is 4. The van der Waals surface area contributed by atoms with Crippen molar-refractivity contribution in [2.75, 3.05) is 26.3 Å². The fraction of sp³-hybridized carbons (Fsp3) is 0.800. The van der Waals surface area contributed by atoms with Gasteiger partial charge in [0.25, 0.3) is 0 Å². The third-order valence-electron chi connectivity index (χ3n) is 4.35. The molecule has 0 aromatic heterocycles. The minimum Gasteiger partial charge on any atom is -0.380 e. The zero-order valence-corrected chi connectivity index (χ0v) is 12.1. The number of hydrogen-bond donors (Lipinski definition) is 1. The van der Waals surface area contributed by atoms with Gasteiger partial charge >= 0.3 is 0 Å². The second-order valence-electron chi connectivity index (χ2n) is 6.61. The fourth-order valence-electron chi connectivity index (χ4n) is 3.64. The van der Waals surface area contributed by atoms with Gasteiger partial charge in [0.15, 0.2) is 6.29 Å². The Hall–Kier alpha value is -0.870. The van der Waals surface area contributed by atoms with E-state index in [1.807, 2.05) is 6.21 Å². The summed E-state index contributed by atoms with van der Waals surface area (Å²) < 4.78 is 5.73. The summed E-state index contributed by atoms with van der Waals surface area (Å²) in [7, 11) is 0. The molecule has 2 bridgehead atoms. The van der Waals surface area contributed by atoms with Gasteiger partial charge in [-0.1, -0.05) is 20.3 Å². The molecule has 0 radical (unpaired) electrons. The lowest BCUT2D eigenvalue weighted by atomic mass is 9.76. The molecule has 2 fully saturated rings. The molecule has 3 heterocycles. The first-order valence-electron chi connectivity index (χ1n) is 7.49. The maximum absolute atomic E-state index is 5.73. The second-order valence-corrected chi connectivity index (χ2v) is 6.61. The molecule has 1 N–H and O–H groups in total. The first kappa shape index (κ1) is 13.1. The molecule has 3 rings (SSSR count).